The molecule has 0 fully saturated rings. The van der Waals surface area contributed by atoms with Gasteiger partial charge in [-0.15, -0.1) is 0 Å². The molecule has 0 aliphatic rings. The molecule has 0 spiro atoms. The fraction of sp³-hybridized carbons (Fsp3) is 0.222. The first kappa shape index (κ1) is 9.86. The number of rotatable bonds is 3. The SMILES string of the molecule is Cc1cccc(OC(Cl)C(=O)O)c1. The average Bonchev–Trinajstić information content (AvgIpc) is 2.04. The standard InChI is InChI=1S/C9H9ClO3/c1-6-3-2-4-7(5-6)13-8(10)9(11)12/h2-5,8H,1H3,(H,11,12). The molecule has 1 unspecified atom stereocenters. The first-order valence-electron chi connectivity index (χ1n) is 3.70. The molecule has 0 aromatic heterocycles. The molecule has 0 saturated heterocycles. The van der Waals surface area contributed by atoms with E-state index in [1.54, 1.807) is 18.2 Å². The maximum absolute atomic E-state index is 10.3. The van der Waals surface area contributed by atoms with Crippen molar-refractivity contribution in [3.05, 3.63) is 29.8 Å². The zero-order valence-electron chi connectivity index (χ0n) is 7.03. The summed E-state index contributed by atoms with van der Waals surface area (Å²) in [5.74, 6) is -0.731. The van der Waals surface area contributed by atoms with E-state index in [2.05, 4.69) is 0 Å². The van der Waals surface area contributed by atoms with E-state index < -0.39 is 11.5 Å². The van der Waals surface area contributed by atoms with Gasteiger partial charge in [-0.3, -0.25) is 0 Å². The molecule has 3 nitrogen and oxygen atoms in total. The zero-order chi connectivity index (χ0) is 9.84. The third kappa shape index (κ3) is 2.95. The van der Waals surface area contributed by atoms with Crippen LogP contribution in [0.1, 0.15) is 5.56 Å². The smallest absolute Gasteiger partial charge is 0.360 e. The number of hydrogen-bond donors (Lipinski definition) is 1. The van der Waals surface area contributed by atoms with Crippen LogP contribution in [-0.2, 0) is 4.79 Å². The lowest BCUT2D eigenvalue weighted by Crippen LogP contribution is -2.20. The Morgan fingerprint density at radius 3 is 2.85 bits per heavy atom. The summed E-state index contributed by atoms with van der Waals surface area (Å²) in [5, 5.41) is 8.46. The Labute approximate surface area is 80.9 Å². The van der Waals surface area contributed by atoms with Crippen LogP contribution in [0.2, 0.25) is 0 Å². The Kier molecular flexibility index (Phi) is 3.14. The summed E-state index contributed by atoms with van der Waals surface area (Å²) in [6.07, 6.45) is 0. The first-order chi connectivity index (χ1) is 6.09. The molecule has 0 saturated carbocycles. The lowest BCUT2D eigenvalue weighted by molar-refractivity contribution is -0.141. The zero-order valence-corrected chi connectivity index (χ0v) is 7.78. The van der Waals surface area contributed by atoms with E-state index in [0.717, 1.165) is 5.56 Å². The van der Waals surface area contributed by atoms with Crippen LogP contribution in [0.3, 0.4) is 0 Å². The maximum Gasteiger partial charge on any atom is 0.360 e. The van der Waals surface area contributed by atoms with Gasteiger partial charge in [-0.05, 0) is 24.6 Å². The van der Waals surface area contributed by atoms with Crippen LogP contribution in [0.4, 0.5) is 0 Å². The van der Waals surface area contributed by atoms with Gasteiger partial charge >= 0.3 is 5.97 Å². The number of carboxylic acid groups (broad SMARTS) is 1. The van der Waals surface area contributed by atoms with Gasteiger partial charge in [0.1, 0.15) is 5.75 Å². The molecule has 0 aliphatic carbocycles. The van der Waals surface area contributed by atoms with E-state index in [1.165, 1.54) is 0 Å². The highest BCUT2D eigenvalue weighted by atomic mass is 35.5. The first-order valence-corrected chi connectivity index (χ1v) is 4.13. The van der Waals surface area contributed by atoms with Gasteiger partial charge in [0.05, 0.1) is 0 Å². The molecule has 0 radical (unpaired) electrons. The second kappa shape index (κ2) is 4.14. The van der Waals surface area contributed by atoms with E-state index in [4.69, 9.17) is 21.4 Å². The minimum Gasteiger partial charge on any atom is -0.478 e. The molecular formula is C9H9ClO3. The predicted molar refractivity (Wildman–Crippen MR) is 49.1 cm³/mol. The minimum atomic E-state index is -1.33. The van der Waals surface area contributed by atoms with E-state index >= 15 is 0 Å². The normalized spacial score (nSPS) is 12.2. The molecule has 1 aromatic carbocycles. The number of carbonyl (C=O) groups is 1. The summed E-state index contributed by atoms with van der Waals surface area (Å²) in [7, 11) is 0. The molecule has 1 rings (SSSR count). The van der Waals surface area contributed by atoms with E-state index in [9.17, 15) is 4.79 Å². The Bertz CT molecular complexity index is 311. The van der Waals surface area contributed by atoms with Crippen LogP contribution in [0.25, 0.3) is 0 Å². The molecule has 0 heterocycles. The summed E-state index contributed by atoms with van der Waals surface area (Å²) in [4.78, 5) is 10.3. The Balaban J connectivity index is 2.69. The number of ether oxygens (including phenoxy) is 1. The number of alkyl halides is 1. The van der Waals surface area contributed by atoms with Crippen molar-refractivity contribution >= 4 is 17.6 Å². The van der Waals surface area contributed by atoms with Crippen LogP contribution >= 0.6 is 11.6 Å². The summed E-state index contributed by atoms with van der Waals surface area (Å²) in [6, 6.07) is 7.04. The summed E-state index contributed by atoms with van der Waals surface area (Å²) < 4.78 is 4.92. The molecular weight excluding hydrogens is 192 g/mol. The van der Waals surface area contributed by atoms with E-state index in [0.29, 0.717) is 5.75 Å². The van der Waals surface area contributed by atoms with Crippen molar-refractivity contribution in [3.63, 3.8) is 0 Å². The Morgan fingerprint density at radius 2 is 2.31 bits per heavy atom. The number of carboxylic acids is 1. The molecule has 1 N–H and O–H groups in total. The quantitative estimate of drug-likeness (QED) is 0.760. The molecule has 0 amide bonds. The highest BCUT2D eigenvalue weighted by Crippen LogP contribution is 2.15. The van der Waals surface area contributed by atoms with Crippen molar-refractivity contribution in [3.8, 4) is 5.75 Å². The van der Waals surface area contributed by atoms with Gasteiger partial charge in [-0.25, -0.2) is 4.79 Å². The minimum absolute atomic E-state index is 0.461. The fourth-order valence-corrected chi connectivity index (χ4v) is 0.961. The van der Waals surface area contributed by atoms with Crippen LogP contribution in [-0.4, -0.2) is 16.6 Å². The molecule has 1 aromatic rings. The lowest BCUT2D eigenvalue weighted by atomic mass is 10.2. The van der Waals surface area contributed by atoms with Crippen molar-refractivity contribution in [1.29, 1.82) is 0 Å². The van der Waals surface area contributed by atoms with Crippen molar-refractivity contribution in [2.75, 3.05) is 0 Å². The summed E-state index contributed by atoms with van der Waals surface area (Å²) in [5.41, 5.74) is -0.339. The Hall–Kier alpha value is -1.22. The summed E-state index contributed by atoms with van der Waals surface area (Å²) in [6.45, 7) is 1.89. The topological polar surface area (TPSA) is 46.5 Å². The predicted octanol–water partition coefficient (Wildman–Crippen LogP) is 2.02. The van der Waals surface area contributed by atoms with Crippen molar-refractivity contribution < 1.29 is 14.6 Å². The summed E-state index contributed by atoms with van der Waals surface area (Å²) >= 11 is 5.38. The van der Waals surface area contributed by atoms with Gasteiger partial charge in [0.2, 0.25) is 0 Å². The highest BCUT2D eigenvalue weighted by Gasteiger charge is 2.14. The molecule has 0 bridgehead atoms. The fourth-order valence-electron chi connectivity index (χ4n) is 0.859. The number of aliphatic carboxylic acids is 1. The van der Waals surface area contributed by atoms with Crippen LogP contribution in [0.15, 0.2) is 24.3 Å². The van der Waals surface area contributed by atoms with Gasteiger partial charge in [0.25, 0.3) is 5.56 Å². The highest BCUT2D eigenvalue weighted by molar-refractivity contribution is 6.28. The van der Waals surface area contributed by atoms with Gasteiger partial charge in [-0.2, -0.15) is 0 Å². The molecule has 0 aliphatic heterocycles. The van der Waals surface area contributed by atoms with Gasteiger partial charge in [-0.1, -0.05) is 23.7 Å². The van der Waals surface area contributed by atoms with Gasteiger partial charge in [0, 0.05) is 0 Å². The number of aryl methyl sites for hydroxylation is 1. The van der Waals surface area contributed by atoms with Crippen LogP contribution < -0.4 is 4.74 Å². The third-order valence-electron chi connectivity index (χ3n) is 1.42. The van der Waals surface area contributed by atoms with Crippen molar-refractivity contribution in [2.24, 2.45) is 0 Å². The molecule has 4 heteroatoms. The average molecular weight is 201 g/mol. The largest absolute Gasteiger partial charge is 0.478 e. The van der Waals surface area contributed by atoms with E-state index in [1.807, 2.05) is 13.0 Å². The lowest BCUT2D eigenvalue weighted by Gasteiger charge is -2.08. The number of halogens is 1. The molecule has 1 atom stereocenters. The van der Waals surface area contributed by atoms with Crippen LogP contribution in [0, 0.1) is 6.92 Å². The monoisotopic (exact) mass is 200 g/mol. The second-order valence-corrected chi connectivity index (χ2v) is 2.99. The van der Waals surface area contributed by atoms with Crippen molar-refractivity contribution in [1.82, 2.24) is 0 Å². The van der Waals surface area contributed by atoms with Crippen molar-refractivity contribution in [2.45, 2.75) is 12.5 Å². The van der Waals surface area contributed by atoms with Crippen LogP contribution in [0.5, 0.6) is 5.75 Å². The maximum atomic E-state index is 10.3. The van der Waals surface area contributed by atoms with Gasteiger partial charge < -0.3 is 9.84 Å². The molecule has 13 heavy (non-hydrogen) atoms. The number of hydrogen-bond acceptors (Lipinski definition) is 2. The van der Waals surface area contributed by atoms with Gasteiger partial charge in [0.15, 0.2) is 0 Å². The third-order valence-corrected chi connectivity index (χ3v) is 1.70. The second-order valence-electron chi connectivity index (χ2n) is 2.59. The number of benzene rings is 1. The Morgan fingerprint density at radius 1 is 1.62 bits per heavy atom. The van der Waals surface area contributed by atoms with E-state index in [-0.39, 0.29) is 0 Å². The molecule has 70 valence electrons.